The van der Waals surface area contributed by atoms with E-state index in [1.165, 1.54) is 13.8 Å². The van der Waals surface area contributed by atoms with E-state index in [-0.39, 0.29) is 23.4 Å². The Morgan fingerprint density at radius 3 is 2.50 bits per heavy atom. The Bertz CT molecular complexity index is 2170. The Hall–Kier alpha value is -5.23. The molecule has 1 atom stereocenters. The van der Waals surface area contributed by atoms with Gasteiger partial charge >= 0.3 is 6.18 Å². The molecule has 0 fully saturated rings. The second kappa shape index (κ2) is 12.6. The number of nitrogens with zero attached hydrogens (tertiary/aromatic N) is 4. The molecule has 0 saturated carbocycles. The van der Waals surface area contributed by atoms with Crippen LogP contribution in [0.5, 0.6) is 0 Å². The molecule has 0 radical (unpaired) electrons. The molecule has 5 aromatic rings. The van der Waals surface area contributed by atoms with Gasteiger partial charge in [-0.3, -0.25) is 14.6 Å². The molecule has 260 valence electrons. The average Bonchev–Trinajstić information content (AvgIpc) is 3.68. The first kappa shape index (κ1) is 34.6. The third-order valence-corrected chi connectivity index (χ3v) is 8.15. The summed E-state index contributed by atoms with van der Waals surface area (Å²) >= 11 is 0. The predicted molar refractivity (Wildman–Crippen MR) is 168 cm³/mol. The van der Waals surface area contributed by atoms with Gasteiger partial charge < -0.3 is 10.4 Å². The number of halogens is 7. The van der Waals surface area contributed by atoms with Gasteiger partial charge in [-0.15, -0.1) is 0 Å². The van der Waals surface area contributed by atoms with Crippen molar-refractivity contribution in [2.24, 2.45) is 0 Å². The summed E-state index contributed by atoms with van der Waals surface area (Å²) in [5.74, 6) is -1.08. The van der Waals surface area contributed by atoms with Crippen LogP contribution in [-0.2, 0) is 36.3 Å². The third-order valence-electron chi connectivity index (χ3n) is 8.15. The topological polar surface area (TPSA) is 109 Å². The van der Waals surface area contributed by atoms with Crippen molar-refractivity contribution in [2.75, 3.05) is 0 Å². The molecular weight excluding hydrogens is 669 g/mol. The van der Waals surface area contributed by atoms with E-state index < -0.39 is 77.6 Å². The average molecular weight is 699 g/mol. The number of aromatic nitrogens is 5. The lowest BCUT2D eigenvalue weighted by Crippen LogP contribution is -2.35. The number of amides is 1. The lowest BCUT2D eigenvalue weighted by Gasteiger charge is -2.23. The molecule has 15 heteroatoms. The minimum atomic E-state index is -5.04. The zero-order chi connectivity index (χ0) is 36.2. The molecule has 1 unspecified atom stereocenters. The summed E-state index contributed by atoms with van der Waals surface area (Å²) in [6, 6.07) is 9.98. The van der Waals surface area contributed by atoms with Gasteiger partial charge in [0, 0.05) is 34.7 Å². The molecule has 0 saturated heterocycles. The second-order valence-electron chi connectivity index (χ2n) is 12.6. The van der Waals surface area contributed by atoms with Crippen molar-refractivity contribution >= 4 is 16.8 Å². The number of pyridine rings is 1. The van der Waals surface area contributed by atoms with Crippen LogP contribution in [-0.4, -0.2) is 41.6 Å². The second-order valence-corrected chi connectivity index (χ2v) is 12.6. The van der Waals surface area contributed by atoms with E-state index in [2.05, 4.69) is 37.4 Å². The van der Waals surface area contributed by atoms with Crippen LogP contribution < -0.4 is 5.32 Å². The van der Waals surface area contributed by atoms with E-state index in [4.69, 9.17) is 0 Å². The fourth-order valence-electron chi connectivity index (χ4n) is 6.15. The fraction of sp³-hybridized carbons (Fsp3) is 0.314. The molecule has 6 rings (SSSR count). The minimum absolute atomic E-state index is 0.0806. The predicted octanol–water partition coefficient (Wildman–Crippen LogP) is 6.69. The highest BCUT2D eigenvalue weighted by molar-refractivity contribution is 5.97. The summed E-state index contributed by atoms with van der Waals surface area (Å²) in [6.07, 6.45) is -6.77. The lowest BCUT2D eigenvalue weighted by molar-refractivity contribution is -0.142. The summed E-state index contributed by atoms with van der Waals surface area (Å²) in [5, 5.41) is 24.1. The third kappa shape index (κ3) is 7.07. The van der Waals surface area contributed by atoms with Gasteiger partial charge in [0.25, 0.3) is 5.92 Å². The molecule has 0 aliphatic heterocycles. The van der Waals surface area contributed by atoms with Crippen molar-refractivity contribution in [3.63, 3.8) is 0 Å². The number of alkyl halides is 5. The van der Waals surface area contributed by atoms with Crippen LogP contribution in [0.4, 0.5) is 30.7 Å². The molecule has 1 amide bonds. The van der Waals surface area contributed by atoms with Gasteiger partial charge in [0.15, 0.2) is 5.69 Å². The fourth-order valence-corrected chi connectivity index (χ4v) is 6.15. The summed E-state index contributed by atoms with van der Waals surface area (Å²) in [4.78, 5) is 18.3. The van der Waals surface area contributed by atoms with Gasteiger partial charge in [-0.2, -0.15) is 32.1 Å². The number of carbonyl (C=O) groups is 1. The maximum absolute atomic E-state index is 14.8. The van der Waals surface area contributed by atoms with Gasteiger partial charge in [0.1, 0.15) is 35.2 Å². The normalized spacial score (nSPS) is 14.7. The standard InChI is InChI=1S/C35H29F7N6O2/c1-18-29-23(5-4-6-26(29)46-45-18)24-8-7-22(9-11-33(2,3)50)43-30(24)27(15-19-13-20(36)16-21(37)14-19)44-28(49)17-48-32-25(10-12-34(32,38)39)31(47-48)35(40,41)42/h4-8,13-14,16,27,50H,10,12,15,17H2,1-3H3,(H,44,49)(H,45,46). The van der Waals surface area contributed by atoms with Crippen molar-refractivity contribution in [1.82, 2.24) is 30.3 Å². The van der Waals surface area contributed by atoms with Gasteiger partial charge in [-0.05, 0) is 81.0 Å². The minimum Gasteiger partial charge on any atom is -0.378 e. The largest absolute Gasteiger partial charge is 0.435 e. The van der Waals surface area contributed by atoms with E-state index in [1.54, 1.807) is 37.3 Å². The molecule has 2 aromatic carbocycles. The number of nitrogens with one attached hydrogen (secondary N) is 2. The van der Waals surface area contributed by atoms with Crippen LogP contribution in [0.25, 0.3) is 22.0 Å². The quantitative estimate of drug-likeness (QED) is 0.130. The summed E-state index contributed by atoms with van der Waals surface area (Å²) in [7, 11) is 0. The van der Waals surface area contributed by atoms with Crippen LogP contribution in [0.15, 0.2) is 48.5 Å². The number of hydrogen-bond donors (Lipinski definition) is 3. The maximum Gasteiger partial charge on any atom is 0.435 e. The smallest absolute Gasteiger partial charge is 0.378 e. The number of fused-ring (bicyclic) bond motifs is 2. The van der Waals surface area contributed by atoms with Crippen LogP contribution in [0.3, 0.4) is 0 Å². The van der Waals surface area contributed by atoms with Crippen LogP contribution in [0.2, 0.25) is 0 Å². The molecule has 1 aliphatic rings. The van der Waals surface area contributed by atoms with E-state index in [0.29, 0.717) is 38.5 Å². The Labute approximate surface area is 280 Å². The molecule has 8 nitrogen and oxygen atoms in total. The Morgan fingerprint density at radius 2 is 1.82 bits per heavy atom. The number of rotatable bonds is 7. The number of aromatic amines is 1. The monoisotopic (exact) mass is 698 g/mol. The molecule has 0 bridgehead atoms. The van der Waals surface area contributed by atoms with Crippen molar-refractivity contribution in [3.8, 4) is 23.0 Å². The number of hydrogen-bond acceptors (Lipinski definition) is 5. The molecule has 0 spiro atoms. The highest BCUT2D eigenvalue weighted by Crippen LogP contribution is 2.46. The first-order valence-electron chi connectivity index (χ1n) is 15.4. The Morgan fingerprint density at radius 1 is 1.10 bits per heavy atom. The molecular formula is C35H29F7N6O2. The molecule has 3 aromatic heterocycles. The van der Waals surface area contributed by atoms with E-state index in [9.17, 15) is 40.6 Å². The SMILES string of the molecule is Cc1[nH]nc2cccc(-c3ccc(C#CC(C)(C)O)nc3C(Cc3cc(F)cc(F)c3)NC(=O)Cn3nc(C(F)(F)F)c4c3C(F)(F)CC4)c12. The highest BCUT2D eigenvalue weighted by Gasteiger charge is 2.50. The molecule has 3 heterocycles. The van der Waals surface area contributed by atoms with Gasteiger partial charge in [-0.1, -0.05) is 18.1 Å². The summed E-state index contributed by atoms with van der Waals surface area (Å²) in [6.45, 7) is 3.68. The Kier molecular flexibility index (Phi) is 8.71. The van der Waals surface area contributed by atoms with E-state index in [0.717, 1.165) is 12.1 Å². The maximum atomic E-state index is 14.8. The molecule has 1 aliphatic carbocycles. The molecule has 3 N–H and O–H groups in total. The number of carbonyl (C=O) groups excluding carboxylic acids is 1. The number of aryl methyl sites for hydroxylation is 1. The van der Waals surface area contributed by atoms with Crippen LogP contribution >= 0.6 is 0 Å². The first-order valence-corrected chi connectivity index (χ1v) is 15.4. The summed E-state index contributed by atoms with van der Waals surface area (Å²) < 4.78 is 100. The number of aliphatic hydroxyl groups is 1. The number of benzene rings is 2. The van der Waals surface area contributed by atoms with Gasteiger partial charge in [-0.25, -0.2) is 13.8 Å². The zero-order valence-electron chi connectivity index (χ0n) is 26.8. The van der Waals surface area contributed by atoms with Crippen molar-refractivity contribution in [3.05, 3.63) is 99.8 Å². The van der Waals surface area contributed by atoms with Crippen molar-refractivity contribution < 1.29 is 40.6 Å². The van der Waals surface area contributed by atoms with Crippen molar-refractivity contribution in [1.29, 1.82) is 0 Å². The zero-order valence-corrected chi connectivity index (χ0v) is 26.8. The Balaban J connectivity index is 1.49. The van der Waals surface area contributed by atoms with Crippen LogP contribution in [0.1, 0.15) is 65.9 Å². The van der Waals surface area contributed by atoms with Gasteiger partial charge in [0.05, 0.1) is 17.3 Å². The summed E-state index contributed by atoms with van der Waals surface area (Å²) in [5.41, 5.74) is -1.89. The number of H-pyrrole nitrogens is 1. The lowest BCUT2D eigenvalue weighted by atomic mass is 9.92. The van der Waals surface area contributed by atoms with E-state index in [1.807, 2.05) is 0 Å². The van der Waals surface area contributed by atoms with Crippen LogP contribution in [0, 0.1) is 30.4 Å². The van der Waals surface area contributed by atoms with Gasteiger partial charge in [0.2, 0.25) is 5.91 Å². The van der Waals surface area contributed by atoms with Crippen molar-refractivity contribution in [2.45, 2.75) is 70.3 Å². The highest BCUT2D eigenvalue weighted by atomic mass is 19.4. The van der Waals surface area contributed by atoms with E-state index >= 15 is 0 Å². The molecule has 50 heavy (non-hydrogen) atoms. The first-order chi connectivity index (χ1) is 23.4.